The van der Waals surface area contributed by atoms with Gasteiger partial charge in [-0.15, -0.1) is 0 Å². The summed E-state index contributed by atoms with van der Waals surface area (Å²) in [7, 11) is 0. The van der Waals surface area contributed by atoms with Gasteiger partial charge in [-0.3, -0.25) is 4.79 Å². The van der Waals surface area contributed by atoms with E-state index in [2.05, 4.69) is 26.1 Å². The van der Waals surface area contributed by atoms with Crippen LogP contribution in [0.2, 0.25) is 0 Å². The Morgan fingerprint density at radius 2 is 2.07 bits per heavy atom. The van der Waals surface area contributed by atoms with Crippen LogP contribution in [0.15, 0.2) is 0 Å². The average molecular weight is 212 g/mol. The van der Waals surface area contributed by atoms with E-state index in [1.54, 1.807) is 0 Å². The fourth-order valence-electron chi connectivity index (χ4n) is 1.71. The van der Waals surface area contributed by atoms with Crippen LogP contribution in [0.4, 0.5) is 0 Å². The van der Waals surface area contributed by atoms with Crippen LogP contribution in [0, 0.1) is 17.3 Å². The fraction of sp³-hybridized carbons (Fsp3) is 0.917. The molecular formula is C12H24N2O. The number of hydrogen-bond acceptors (Lipinski definition) is 2. The van der Waals surface area contributed by atoms with Crippen LogP contribution in [0.5, 0.6) is 0 Å². The molecule has 1 rings (SSSR count). The first-order chi connectivity index (χ1) is 6.97. The van der Waals surface area contributed by atoms with Gasteiger partial charge >= 0.3 is 0 Å². The molecule has 88 valence electrons. The Hall–Kier alpha value is -0.570. The van der Waals surface area contributed by atoms with Gasteiger partial charge in [0.2, 0.25) is 5.91 Å². The number of hydrogen-bond donors (Lipinski definition) is 2. The van der Waals surface area contributed by atoms with E-state index in [4.69, 9.17) is 5.73 Å². The minimum atomic E-state index is -0.00708. The zero-order valence-electron chi connectivity index (χ0n) is 10.2. The van der Waals surface area contributed by atoms with Gasteiger partial charge in [-0.25, -0.2) is 0 Å². The van der Waals surface area contributed by atoms with Crippen LogP contribution in [0.1, 0.15) is 40.0 Å². The van der Waals surface area contributed by atoms with E-state index in [-0.39, 0.29) is 11.8 Å². The number of carbonyl (C=O) groups is 1. The summed E-state index contributed by atoms with van der Waals surface area (Å²) in [5.41, 5.74) is 6.00. The quantitative estimate of drug-likeness (QED) is 0.701. The van der Waals surface area contributed by atoms with Crippen LogP contribution in [0.3, 0.4) is 0 Å². The third kappa shape index (κ3) is 4.20. The predicted octanol–water partition coefficient (Wildman–Crippen LogP) is 1.52. The number of nitrogens with one attached hydrogen (secondary N) is 1. The Morgan fingerprint density at radius 3 is 2.47 bits per heavy atom. The van der Waals surface area contributed by atoms with Gasteiger partial charge in [-0.2, -0.15) is 0 Å². The van der Waals surface area contributed by atoms with Crippen molar-refractivity contribution in [2.45, 2.75) is 40.0 Å². The maximum absolute atomic E-state index is 11.8. The Labute approximate surface area is 92.8 Å². The molecule has 1 aliphatic carbocycles. The molecule has 0 spiro atoms. The second kappa shape index (κ2) is 4.97. The molecule has 0 aliphatic heterocycles. The second-order valence-corrected chi connectivity index (χ2v) is 5.59. The van der Waals surface area contributed by atoms with Crippen molar-refractivity contribution in [1.82, 2.24) is 5.32 Å². The standard InChI is InChI=1S/C12H24N2O/c1-9(2)6-10(7-13)11(15)14-8-12(3)4-5-12/h9-10H,4-8,13H2,1-3H3,(H,14,15). The van der Waals surface area contributed by atoms with Crippen LogP contribution < -0.4 is 11.1 Å². The van der Waals surface area contributed by atoms with Gasteiger partial charge in [0.15, 0.2) is 0 Å². The molecule has 1 saturated carbocycles. The molecular weight excluding hydrogens is 188 g/mol. The highest BCUT2D eigenvalue weighted by Gasteiger charge is 2.37. The fourth-order valence-corrected chi connectivity index (χ4v) is 1.71. The molecule has 0 aromatic heterocycles. The second-order valence-electron chi connectivity index (χ2n) is 5.59. The van der Waals surface area contributed by atoms with Crippen molar-refractivity contribution in [3.63, 3.8) is 0 Å². The molecule has 1 unspecified atom stereocenters. The lowest BCUT2D eigenvalue weighted by molar-refractivity contribution is -0.125. The van der Waals surface area contributed by atoms with E-state index in [9.17, 15) is 4.79 Å². The van der Waals surface area contributed by atoms with Gasteiger partial charge in [0.1, 0.15) is 0 Å². The molecule has 3 heteroatoms. The third-order valence-electron chi connectivity index (χ3n) is 3.20. The molecule has 0 heterocycles. The molecule has 3 nitrogen and oxygen atoms in total. The van der Waals surface area contributed by atoms with Crippen LogP contribution >= 0.6 is 0 Å². The molecule has 0 saturated heterocycles. The summed E-state index contributed by atoms with van der Waals surface area (Å²) in [6.45, 7) is 7.74. The van der Waals surface area contributed by atoms with Gasteiger partial charge in [0.25, 0.3) is 0 Å². The highest BCUT2D eigenvalue weighted by Crippen LogP contribution is 2.44. The number of amides is 1. The van der Waals surface area contributed by atoms with Crippen molar-refractivity contribution in [2.75, 3.05) is 13.1 Å². The molecule has 0 aromatic carbocycles. The van der Waals surface area contributed by atoms with E-state index in [1.165, 1.54) is 12.8 Å². The van der Waals surface area contributed by atoms with Crippen molar-refractivity contribution >= 4 is 5.91 Å². The van der Waals surface area contributed by atoms with Gasteiger partial charge in [0, 0.05) is 13.1 Å². The Kier molecular flexibility index (Phi) is 4.14. The molecule has 1 atom stereocenters. The summed E-state index contributed by atoms with van der Waals surface area (Å²) in [4.78, 5) is 11.8. The topological polar surface area (TPSA) is 55.1 Å². The van der Waals surface area contributed by atoms with Crippen molar-refractivity contribution in [1.29, 1.82) is 0 Å². The van der Waals surface area contributed by atoms with E-state index < -0.39 is 0 Å². The molecule has 1 aliphatic rings. The number of rotatable bonds is 6. The Balaban J connectivity index is 2.29. The zero-order valence-corrected chi connectivity index (χ0v) is 10.2. The van der Waals surface area contributed by atoms with Gasteiger partial charge in [0.05, 0.1) is 5.92 Å². The number of carbonyl (C=O) groups excluding carboxylic acids is 1. The van der Waals surface area contributed by atoms with E-state index in [0.717, 1.165) is 13.0 Å². The normalized spacial score (nSPS) is 20.1. The van der Waals surface area contributed by atoms with E-state index in [1.807, 2.05) is 0 Å². The summed E-state index contributed by atoms with van der Waals surface area (Å²) in [5, 5.41) is 3.02. The monoisotopic (exact) mass is 212 g/mol. The van der Waals surface area contributed by atoms with E-state index in [0.29, 0.717) is 17.9 Å². The molecule has 1 amide bonds. The summed E-state index contributed by atoms with van der Waals surface area (Å²) in [5.74, 6) is 0.660. The largest absolute Gasteiger partial charge is 0.355 e. The Bertz CT molecular complexity index is 222. The first-order valence-electron chi connectivity index (χ1n) is 5.94. The predicted molar refractivity (Wildman–Crippen MR) is 62.4 cm³/mol. The smallest absolute Gasteiger partial charge is 0.224 e. The minimum Gasteiger partial charge on any atom is -0.355 e. The van der Waals surface area contributed by atoms with Gasteiger partial charge in [-0.05, 0) is 30.6 Å². The average Bonchev–Trinajstić information content (AvgIpc) is 2.90. The van der Waals surface area contributed by atoms with Crippen molar-refractivity contribution in [3.05, 3.63) is 0 Å². The summed E-state index contributed by atoms with van der Waals surface area (Å²) in [6.07, 6.45) is 3.37. The van der Waals surface area contributed by atoms with Crippen LogP contribution in [-0.2, 0) is 4.79 Å². The Morgan fingerprint density at radius 1 is 1.47 bits per heavy atom. The highest BCUT2D eigenvalue weighted by atomic mass is 16.1. The molecule has 3 N–H and O–H groups in total. The first kappa shape index (κ1) is 12.5. The zero-order chi connectivity index (χ0) is 11.5. The van der Waals surface area contributed by atoms with Gasteiger partial charge in [-0.1, -0.05) is 20.8 Å². The van der Waals surface area contributed by atoms with Gasteiger partial charge < -0.3 is 11.1 Å². The molecule has 0 bridgehead atoms. The molecule has 0 radical (unpaired) electrons. The third-order valence-corrected chi connectivity index (χ3v) is 3.20. The summed E-state index contributed by atoms with van der Waals surface area (Å²) < 4.78 is 0. The lowest BCUT2D eigenvalue weighted by Crippen LogP contribution is -2.38. The minimum absolute atomic E-state index is 0.00708. The lowest BCUT2D eigenvalue weighted by atomic mass is 9.96. The van der Waals surface area contributed by atoms with Crippen molar-refractivity contribution < 1.29 is 4.79 Å². The summed E-state index contributed by atoms with van der Waals surface area (Å²) in [6, 6.07) is 0. The van der Waals surface area contributed by atoms with Crippen molar-refractivity contribution in [2.24, 2.45) is 23.0 Å². The van der Waals surface area contributed by atoms with Crippen molar-refractivity contribution in [3.8, 4) is 0 Å². The maximum Gasteiger partial charge on any atom is 0.224 e. The van der Waals surface area contributed by atoms with Crippen LogP contribution in [-0.4, -0.2) is 19.0 Å². The maximum atomic E-state index is 11.8. The highest BCUT2D eigenvalue weighted by molar-refractivity contribution is 5.78. The molecule has 15 heavy (non-hydrogen) atoms. The molecule has 1 fully saturated rings. The first-order valence-corrected chi connectivity index (χ1v) is 5.94. The summed E-state index contributed by atoms with van der Waals surface area (Å²) >= 11 is 0. The molecule has 0 aromatic rings. The lowest BCUT2D eigenvalue weighted by Gasteiger charge is -2.18. The van der Waals surface area contributed by atoms with Crippen LogP contribution in [0.25, 0.3) is 0 Å². The number of nitrogens with two attached hydrogens (primary N) is 1. The van der Waals surface area contributed by atoms with E-state index >= 15 is 0 Å². The SMILES string of the molecule is CC(C)CC(CN)C(=O)NCC1(C)CC1.